The number of hydrogen-bond acceptors (Lipinski definition) is 4. The van der Waals surface area contributed by atoms with Gasteiger partial charge in [-0.3, -0.25) is 4.79 Å². The fraction of sp³-hybridized carbons (Fsp3) is 0.923. The highest BCUT2D eigenvalue weighted by molar-refractivity contribution is 5.81. The van der Waals surface area contributed by atoms with Crippen molar-refractivity contribution in [3.63, 3.8) is 0 Å². The minimum Gasteiger partial charge on any atom is -0.364 e. The Hall–Kier alpha value is -0.650. The van der Waals surface area contributed by atoms with Crippen molar-refractivity contribution in [1.29, 1.82) is 0 Å². The molecule has 0 aromatic heterocycles. The number of nitrogens with two attached hydrogens (primary N) is 1. The predicted octanol–water partition coefficient (Wildman–Crippen LogP) is 0.197. The Morgan fingerprint density at radius 2 is 2.11 bits per heavy atom. The van der Waals surface area contributed by atoms with E-state index >= 15 is 0 Å². The van der Waals surface area contributed by atoms with E-state index in [1.54, 1.807) is 0 Å². The summed E-state index contributed by atoms with van der Waals surface area (Å²) >= 11 is 0. The first kappa shape index (κ1) is 15.4. The van der Waals surface area contributed by atoms with Crippen LogP contribution in [0, 0.1) is 5.41 Å². The Labute approximate surface area is 110 Å². The van der Waals surface area contributed by atoms with Crippen LogP contribution >= 0.6 is 0 Å². The van der Waals surface area contributed by atoms with Gasteiger partial charge in [-0.15, -0.1) is 0 Å². The van der Waals surface area contributed by atoms with Crippen molar-refractivity contribution in [2.24, 2.45) is 11.1 Å². The van der Waals surface area contributed by atoms with Crippen molar-refractivity contribution in [1.82, 2.24) is 10.2 Å². The highest BCUT2D eigenvalue weighted by Gasteiger charge is 2.30. The summed E-state index contributed by atoms with van der Waals surface area (Å²) in [6.07, 6.45) is 1.40. The summed E-state index contributed by atoms with van der Waals surface area (Å²) in [5, 5.41) is 2.98. The molecule has 18 heavy (non-hydrogen) atoms. The molecule has 0 radical (unpaired) electrons. The van der Waals surface area contributed by atoms with E-state index in [2.05, 4.69) is 24.1 Å². The number of nitrogens with zero attached hydrogens (tertiary/aromatic N) is 1. The maximum absolute atomic E-state index is 11.9. The molecule has 1 amide bonds. The van der Waals surface area contributed by atoms with Gasteiger partial charge in [-0.25, -0.2) is 0 Å². The van der Waals surface area contributed by atoms with Crippen LogP contribution in [0.1, 0.15) is 26.7 Å². The van der Waals surface area contributed by atoms with Crippen LogP contribution in [0.4, 0.5) is 0 Å². The number of ether oxygens (including phenoxy) is 1. The number of amides is 1. The van der Waals surface area contributed by atoms with Crippen LogP contribution in [-0.4, -0.2) is 56.7 Å². The van der Waals surface area contributed by atoms with Crippen LogP contribution in [0.15, 0.2) is 0 Å². The molecule has 0 aromatic rings. The van der Waals surface area contributed by atoms with Gasteiger partial charge in [-0.05, 0) is 32.4 Å². The second-order valence-corrected chi connectivity index (χ2v) is 6.18. The smallest absolute Gasteiger partial charge is 0.249 e. The van der Waals surface area contributed by atoms with Gasteiger partial charge in [0.05, 0.1) is 6.10 Å². The number of nitrogens with one attached hydrogen (secondary N) is 1. The lowest BCUT2D eigenvalue weighted by atomic mass is 9.93. The van der Waals surface area contributed by atoms with Crippen LogP contribution in [0.25, 0.3) is 0 Å². The van der Waals surface area contributed by atoms with E-state index < -0.39 is 0 Å². The molecule has 1 heterocycles. The fourth-order valence-corrected chi connectivity index (χ4v) is 2.42. The Balaban J connectivity index is 2.33. The van der Waals surface area contributed by atoms with Crippen molar-refractivity contribution < 1.29 is 9.53 Å². The topological polar surface area (TPSA) is 67.6 Å². The van der Waals surface area contributed by atoms with Gasteiger partial charge >= 0.3 is 0 Å². The summed E-state index contributed by atoms with van der Waals surface area (Å²) in [4.78, 5) is 14.1. The van der Waals surface area contributed by atoms with Crippen LogP contribution in [0.2, 0.25) is 0 Å². The first-order valence-corrected chi connectivity index (χ1v) is 6.62. The van der Waals surface area contributed by atoms with Crippen molar-refractivity contribution in [3.05, 3.63) is 0 Å². The maximum atomic E-state index is 11.9. The first-order valence-electron chi connectivity index (χ1n) is 6.62. The van der Waals surface area contributed by atoms with Crippen molar-refractivity contribution in [2.45, 2.75) is 38.9 Å². The lowest BCUT2D eigenvalue weighted by Crippen LogP contribution is -2.43. The van der Waals surface area contributed by atoms with E-state index in [-0.39, 0.29) is 23.5 Å². The normalized spacial score (nSPS) is 24.6. The summed E-state index contributed by atoms with van der Waals surface area (Å²) in [5.74, 6) is -0.00205. The molecule has 2 atom stereocenters. The van der Waals surface area contributed by atoms with Crippen LogP contribution < -0.4 is 11.1 Å². The van der Waals surface area contributed by atoms with Gasteiger partial charge in [0.15, 0.2) is 0 Å². The van der Waals surface area contributed by atoms with Gasteiger partial charge in [0, 0.05) is 19.6 Å². The minimum absolute atomic E-state index is 0.00205. The predicted molar refractivity (Wildman–Crippen MR) is 72.3 cm³/mol. The lowest BCUT2D eigenvalue weighted by Gasteiger charge is -2.28. The highest BCUT2D eigenvalue weighted by Crippen LogP contribution is 2.20. The average molecular weight is 257 g/mol. The molecule has 5 nitrogen and oxygen atoms in total. The summed E-state index contributed by atoms with van der Waals surface area (Å²) < 4.78 is 5.57. The van der Waals surface area contributed by atoms with Gasteiger partial charge < -0.3 is 20.7 Å². The molecule has 0 saturated carbocycles. The molecule has 3 N–H and O–H groups in total. The largest absolute Gasteiger partial charge is 0.364 e. The van der Waals surface area contributed by atoms with Gasteiger partial charge in [0.25, 0.3) is 0 Å². The monoisotopic (exact) mass is 257 g/mol. The van der Waals surface area contributed by atoms with E-state index in [9.17, 15) is 4.79 Å². The number of carbonyl (C=O) groups excluding carboxylic acids is 1. The van der Waals surface area contributed by atoms with Crippen molar-refractivity contribution >= 4 is 5.91 Å². The zero-order valence-corrected chi connectivity index (χ0v) is 12.0. The van der Waals surface area contributed by atoms with Gasteiger partial charge in [0.1, 0.15) is 6.10 Å². The second kappa shape index (κ2) is 6.50. The number of carbonyl (C=O) groups is 1. The fourth-order valence-electron chi connectivity index (χ4n) is 2.42. The third-order valence-electron chi connectivity index (χ3n) is 3.15. The molecule has 1 saturated heterocycles. The van der Waals surface area contributed by atoms with Gasteiger partial charge in [-0.1, -0.05) is 13.8 Å². The number of rotatable bonds is 6. The van der Waals surface area contributed by atoms with Gasteiger partial charge in [0.2, 0.25) is 5.91 Å². The van der Waals surface area contributed by atoms with E-state index in [4.69, 9.17) is 10.5 Å². The Morgan fingerprint density at radius 3 is 2.61 bits per heavy atom. The average Bonchev–Trinajstić information content (AvgIpc) is 2.72. The molecule has 0 aromatic carbocycles. The Morgan fingerprint density at radius 1 is 1.44 bits per heavy atom. The third kappa shape index (κ3) is 4.92. The molecule has 1 fully saturated rings. The molecule has 1 rings (SSSR count). The summed E-state index contributed by atoms with van der Waals surface area (Å²) in [6, 6.07) is 0. The molecule has 106 valence electrons. The van der Waals surface area contributed by atoms with E-state index in [0.717, 1.165) is 19.4 Å². The molecule has 0 aliphatic carbocycles. The highest BCUT2D eigenvalue weighted by atomic mass is 16.5. The minimum atomic E-state index is -0.311. The van der Waals surface area contributed by atoms with Crippen molar-refractivity contribution in [3.8, 4) is 0 Å². The first-order chi connectivity index (χ1) is 8.34. The summed E-state index contributed by atoms with van der Waals surface area (Å²) in [5.41, 5.74) is 5.59. The maximum Gasteiger partial charge on any atom is 0.249 e. The second-order valence-electron chi connectivity index (χ2n) is 6.18. The van der Waals surface area contributed by atoms with Crippen LogP contribution in [0.5, 0.6) is 0 Å². The summed E-state index contributed by atoms with van der Waals surface area (Å²) in [6.45, 7) is 6.38. The van der Waals surface area contributed by atoms with E-state index in [1.165, 1.54) is 0 Å². The third-order valence-corrected chi connectivity index (χ3v) is 3.15. The summed E-state index contributed by atoms with van der Waals surface area (Å²) in [7, 11) is 4.07. The van der Waals surface area contributed by atoms with Crippen LogP contribution in [-0.2, 0) is 9.53 Å². The molecule has 1 aliphatic rings. The molecular formula is C13H27N3O2. The standard InChI is InChI=1S/C13H27N3O2/c1-13(2,9-16(3)4)8-15-12(17)11-6-5-10(7-14)18-11/h10-11H,5-9,14H2,1-4H3,(H,15,17). The zero-order valence-electron chi connectivity index (χ0n) is 12.0. The number of hydrogen-bond donors (Lipinski definition) is 2. The Kier molecular flexibility index (Phi) is 5.56. The zero-order chi connectivity index (χ0) is 13.8. The quantitative estimate of drug-likeness (QED) is 0.713. The SMILES string of the molecule is CN(C)CC(C)(C)CNC(=O)C1CCC(CN)O1. The molecule has 1 aliphatic heterocycles. The molecule has 0 spiro atoms. The lowest BCUT2D eigenvalue weighted by molar-refractivity contribution is -0.132. The Bertz CT molecular complexity index is 279. The molecule has 5 heteroatoms. The van der Waals surface area contributed by atoms with Crippen molar-refractivity contribution in [2.75, 3.05) is 33.7 Å². The molecular weight excluding hydrogens is 230 g/mol. The van der Waals surface area contributed by atoms with E-state index in [1.807, 2.05) is 14.1 Å². The van der Waals surface area contributed by atoms with Crippen LogP contribution in [0.3, 0.4) is 0 Å². The van der Waals surface area contributed by atoms with Gasteiger partial charge in [-0.2, -0.15) is 0 Å². The molecule has 2 unspecified atom stereocenters. The molecule has 0 bridgehead atoms. The van der Waals surface area contributed by atoms with E-state index in [0.29, 0.717) is 13.1 Å².